The minimum absolute atomic E-state index is 0.0242. The normalized spacial score (nSPS) is 13.9. The molecule has 3 aromatic rings. The molecule has 8 heteroatoms. The lowest BCUT2D eigenvalue weighted by Crippen LogP contribution is -2.48. The number of pyridine rings is 1. The summed E-state index contributed by atoms with van der Waals surface area (Å²) in [6.07, 6.45) is 3.37. The van der Waals surface area contributed by atoms with Gasteiger partial charge in [-0.3, -0.25) is 9.78 Å². The number of likely N-dealkylation sites (tertiary alicyclic amines) is 1. The summed E-state index contributed by atoms with van der Waals surface area (Å²) in [6.45, 7) is 1.03. The van der Waals surface area contributed by atoms with Crippen LogP contribution in [-0.4, -0.2) is 53.2 Å². The number of hydrogen-bond donors (Lipinski definition) is 0. The maximum absolute atomic E-state index is 12.7. The Labute approximate surface area is 155 Å². The predicted molar refractivity (Wildman–Crippen MR) is 95.7 cm³/mol. The quantitative estimate of drug-likeness (QED) is 0.685. The number of nitrogens with zero attached hydrogens (tertiary/aromatic N) is 4. The molecule has 27 heavy (non-hydrogen) atoms. The number of rotatable bonds is 5. The summed E-state index contributed by atoms with van der Waals surface area (Å²) in [4.78, 5) is 22.9. The van der Waals surface area contributed by atoms with Gasteiger partial charge in [-0.15, -0.1) is 0 Å². The van der Waals surface area contributed by atoms with Gasteiger partial charge in [0.05, 0.1) is 25.7 Å². The maximum Gasteiger partial charge on any atom is 0.257 e. The molecule has 1 fully saturated rings. The van der Waals surface area contributed by atoms with Crippen molar-refractivity contribution in [3.05, 3.63) is 54.2 Å². The van der Waals surface area contributed by atoms with Crippen LogP contribution in [0.25, 0.3) is 11.4 Å². The average molecular weight is 366 g/mol. The Balaban J connectivity index is 1.44. The van der Waals surface area contributed by atoms with Crippen molar-refractivity contribution in [3.63, 3.8) is 0 Å². The van der Waals surface area contributed by atoms with Crippen molar-refractivity contribution in [2.75, 3.05) is 27.3 Å². The molecule has 0 aliphatic carbocycles. The molecule has 4 rings (SSSR count). The number of benzene rings is 1. The second-order valence-corrected chi connectivity index (χ2v) is 6.17. The van der Waals surface area contributed by atoms with Crippen LogP contribution in [-0.2, 0) is 0 Å². The molecule has 0 N–H and O–H groups in total. The Bertz CT molecular complexity index is 951. The zero-order chi connectivity index (χ0) is 18.8. The maximum atomic E-state index is 12.7. The Hall–Kier alpha value is -3.42. The standard InChI is InChI=1S/C19H18N4O4/c1-25-14-5-6-15(16(8-14)26-2)19(24)23-10-13(11-23)18-21-17(22-27-18)12-4-3-7-20-9-12/h3-9,13H,10-11H2,1-2H3. The van der Waals surface area contributed by atoms with Crippen molar-refractivity contribution in [2.45, 2.75) is 5.92 Å². The van der Waals surface area contributed by atoms with Crippen LogP contribution in [0.5, 0.6) is 11.5 Å². The van der Waals surface area contributed by atoms with Gasteiger partial charge in [0.25, 0.3) is 5.91 Å². The van der Waals surface area contributed by atoms with Gasteiger partial charge in [-0.05, 0) is 24.3 Å². The largest absolute Gasteiger partial charge is 0.497 e. The van der Waals surface area contributed by atoms with Crippen LogP contribution in [0, 0.1) is 0 Å². The highest BCUT2D eigenvalue weighted by Gasteiger charge is 2.37. The topological polar surface area (TPSA) is 90.6 Å². The van der Waals surface area contributed by atoms with Crippen molar-refractivity contribution < 1.29 is 18.8 Å². The first-order chi connectivity index (χ1) is 13.2. The minimum Gasteiger partial charge on any atom is -0.497 e. The average Bonchev–Trinajstić information content (AvgIpc) is 3.16. The third-order valence-electron chi connectivity index (χ3n) is 4.52. The number of methoxy groups -OCH3 is 2. The van der Waals surface area contributed by atoms with Gasteiger partial charge in [-0.25, -0.2) is 0 Å². The van der Waals surface area contributed by atoms with E-state index >= 15 is 0 Å². The van der Waals surface area contributed by atoms with Crippen LogP contribution >= 0.6 is 0 Å². The zero-order valence-corrected chi connectivity index (χ0v) is 15.0. The molecule has 1 aromatic carbocycles. The van der Waals surface area contributed by atoms with Gasteiger partial charge in [0.1, 0.15) is 11.5 Å². The highest BCUT2D eigenvalue weighted by atomic mass is 16.5. The molecule has 0 atom stereocenters. The molecule has 1 aliphatic heterocycles. The number of ether oxygens (including phenoxy) is 2. The SMILES string of the molecule is COc1ccc(C(=O)N2CC(c3nc(-c4cccnc4)no3)C2)c(OC)c1. The molecule has 3 heterocycles. The Kier molecular flexibility index (Phi) is 4.45. The Morgan fingerprint density at radius 1 is 1.22 bits per heavy atom. The summed E-state index contributed by atoms with van der Waals surface area (Å²) in [7, 11) is 3.10. The Morgan fingerprint density at radius 2 is 2.07 bits per heavy atom. The highest BCUT2D eigenvalue weighted by Crippen LogP contribution is 2.32. The molecule has 2 aromatic heterocycles. The van der Waals surface area contributed by atoms with Crippen molar-refractivity contribution in [1.82, 2.24) is 20.0 Å². The molecule has 0 unspecified atom stereocenters. The fourth-order valence-electron chi connectivity index (χ4n) is 2.96. The number of aromatic nitrogens is 3. The summed E-state index contributed by atoms with van der Waals surface area (Å²) in [5.74, 6) is 2.08. The lowest BCUT2D eigenvalue weighted by molar-refractivity contribution is 0.0566. The van der Waals surface area contributed by atoms with E-state index in [1.165, 1.54) is 7.11 Å². The number of carbonyl (C=O) groups is 1. The van der Waals surface area contributed by atoms with Crippen molar-refractivity contribution in [2.24, 2.45) is 0 Å². The molecular formula is C19H18N4O4. The van der Waals surface area contributed by atoms with E-state index in [9.17, 15) is 4.79 Å². The molecule has 0 saturated carbocycles. The summed E-state index contributed by atoms with van der Waals surface area (Å²) in [5.41, 5.74) is 1.29. The molecular weight excluding hydrogens is 348 g/mol. The van der Waals surface area contributed by atoms with E-state index in [0.29, 0.717) is 41.9 Å². The first-order valence-corrected chi connectivity index (χ1v) is 8.45. The van der Waals surface area contributed by atoms with Gasteiger partial charge < -0.3 is 18.9 Å². The van der Waals surface area contributed by atoms with E-state index in [-0.39, 0.29) is 11.8 Å². The molecule has 1 aliphatic rings. The first kappa shape index (κ1) is 17.0. The number of amides is 1. The van der Waals surface area contributed by atoms with E-state index in [4.69, 9.17) is 14.0 Å². The van der Waals surface area contributed by atoms with Gasteiger partial charge in [-0.1, -0.05) is 5.16 Å². The molecule has 8 nitrogen and oxygen atoms in total. The van der Waals surface area contributed by atoms with Gasteiger partial charge >= 0.3 is 0 Å². The lowest BCUT2D eigenvalue weighted by Gasteiger charge is -2.37. The summed E-state index contributed by atoms with van der Waals surface area (Å²) < 4.78 is 15.9. The third-order valence-corrected chi connectivity index (χ3v) is 4.52. The predicted octanol–water partition coefficient (Wildman–Crippen LogP) is 2.39. The van der Waals surface area contributed by atoms with Gasteiger partial charge in [-0.2, -0.15) is 4.98 Å². The van der Waals surface area contributed by atoms with Crippen molar-refractivity contribution in [3.8, 4) is 22.9 Å². The van der Waals surface area contributed by atoms with Crippen molar-refractivity contribution in [1.29, 1.82) is 0 Å². The monoisotopic (exact) mass is 366 g/mol. The van der Waals surface area contributed by atoms with Gasteiger partial charge in [0.15, 0.2) is 0 Å². The molecule has 1 amide bonds. The van der Waals surface area contributed by atoms with Crippen LogP contribution in [0.4, 0.5) is 0 Å². The summed E-state index contributed by atoms with van der Waals surface area (Å²) in [5, 5.41) is 4.00. The molecule has 0 bridgehead atoms. The third kappa shape index (κ3) is 3.21. The number of carbonyl (C=O) groups excluding carboxylic acids is 1. The van der Waals surface area contributed by atoms with Gasteiger partial charge in [0.2, 0.25) is 11.7 Å². The molecule has 1 saturated heterocycles. The summed E-state index contributed by atoms with van der Waals surface area (Å²) >= 11 is 0. The highest BCUT2D eigenvalue weighted by molar-refractivity contribution is 5.97. The van der Waals surface area contributed by atoms with Crippen LogP contribution in [0.1, 0.15) is 22.2 Å². The molecule has 0 spiro atoms. The van der Waals surface area contributed by atoms with E-state index < -0.39 is 0 Å². The second kappa shape index (κ2) is 7.06. The van der Waals surface area contributed by atoms with E-state index in [2.05, 4.69) is 15.1 Å². The van der Waals surface area contributed by atoms with Crippen molar-refractivity contribution >= 4 is 5.91 Å². The fourth-order valence-corrected chi connectivity index (χ4v) is 2.96. The van der Waals surface area contributed by atoms with Crippen LogP contribution in [0.2, 0.25) is 0 Å². The minimum atomic E-state index is -0.0993. The van der Waals surface area contributed by atoms with Gasteiger partial charge in [0, 0.05) is 37.1 Å². The first-order valence-electron chi connectivity index (χ1n) is 8.45. The number of hydrogen-bond acceptors (Lipinski definition) is 7. The summed E-state index contributed by atoms with van der Waals surface area (Å²) in [6, 6.07) is 8.83. The molecule has 0 radical (unpaired) electrons. The van der Waals surface area contributed by atoms with Crippen LogP contribution < -0.4 is 9.47 Å². The zero-order valence-electron chi connectivity index (χ0n) is 15.0. The van der Waals surface area contributed by atoms with E-state index in [1.54, 1.807) is 42.6 Å². The van der Waals surface area contributed by atoms with E-state index in [0.717, 1.165) is 5.56 Å². The fraction of sp³-hybridized carbons (Fsp3) is 0.263. The lowest BCUT2D eigenvalue weighted by atomic mass is 9.98. The van der Waals surface area contributed by atoms with E-state index in [1.807, 2.05) is 12.1 Å². The second-order valence-electron chi connectivity index (χ2n) is 6.17. The molecule has 138 valence electrons. The van der Waals surface area contributed by atoms with Crippen LogP contribution in [0.3, 0.4) is 0 Å². The smallest absolute Gasteiger partial charge is 0.257 e. The van der Waals surface area contributed by atoms with Crippen LogP contribution in [0.15, 0.2) is 47.2 Å². The Morgan fingerprint density at radius 3 is 2.78 bits per heavy atom.